The first kappa shape index (κ1) is 11.2. The summed E-state index contributed by atoms with van der Waals surface area (Å²) in [5.74, 6) is -0.287. The molecule has 5 heteroatoms. The van der Waals surface area contributed by atoms with Crippen LogP contribution in [-0.2, 0) is 5.75 Å². The van der Waals surface area contributed by atoms with Crippen molar-refractivity contribution in [2.45, 2.75) is 9.96 Å². The Bertz CT molecular complexity index is 482. The first-order valence-corrected chi connectivity index (χ1v) is 6.48. The van der Waals surface area contributed by atoms with E-state index in [4.69, 9.17) is 5.11 Å². The van der Waals surface area contributed by atoms with Crippen molar-refractivity contribution in [3.63, 3.8) is 0 Å². The van der Waals surface area contributed by atoms with E-state index in [1.165, 1.54) is 10.3 Å². The SMILES string of the molecule is O=C(O)c1cccc(CSc2cccs2)n1. The lowest BCUT2D eigenvalue weighted by atomic mass is 10.3. The largest absolute Gasteiger partial charge is 0.477 e. The highest BCUT2D eigenvalue weighted by Gasteiger charge is 2.05. The molecule has 0 bridgehead atoms. The van der Waals surface area contributed by atoms with E-state index < -0.39 is 5.97 Å². The predicted octanol–water partition coefficient (Wildman–Crippen LogP) is 3.13. The number of carboxylic acids is 1. The molecule has 2 aromatic rings. The lowest BCUT2D eigenvalue weighted by molar-refractivity contribution is 0.0690. The molecule has 2 aromatic heterocycles. The van der Waals surface area contributed by atoms with Gasteiger partial charge in [-0.25, -0.2) is 9.78 Å². The van der Waals surface area contributed by atoms with Gasteiger partial charge in [0, 0.05) is 5.75 Å². The number of carboxylic acid groups (broad SMARTS) is 1. The van der Waals surface area contributed by atoms with Crippen molar-refractivity contribution in [1.82, 2.24) is 4.98 Å². The fourth-order valence-electron chi connectivity index (χ4n) is 1.17. The van der Waals surface area contributed by atoms with Crippen LogP contribution in [0.15, 0.2) is 39.9 Å². The molecule has 1 N–H and O–H groups in total. The molecule has 0 aromatic carbocycles. The molecule has 0 aliphatic carbocycles. The lowest BCUT2D eigenvalue weighted by Crippen LogP contribution is -2.01. The molecule has 0 unspecified atom stereocenters. The Labute approximate surface area is 101 Å². The zero-order valence-electron chi connectivity index (χ0n) is 8.29. The second kappa shape index (κ2) is 5.14. The number of aromatic carboxylic acids is 1. The fourth-order valence-corrected chi connectivity index (χ4v) is 2.86. The van der Waals surface area contributed by atoms with Gasteiger partial charge in [0.25, 0.3) is 0 Å². The average molecular weight is 251 g/mol. The molecule has 0 aliphatic rings. The van der Waals surface area contributed by atoms with Crippen molar-refractivity contribution in [1.29, 1.82) is 0 Å². The van der Waals surface area contributed by atoms with E-state index in [9.17, 15) is 4.79 Å². The van der Waals surface area contributed by atoms with Gasteiger partial charge in [-0.2, -0.15) is 0 Å². The first-order chi connectivity index (χ1) is 7.75. The Hall–Kier alpha value is -1.33. The van der Waals surface area contributed by atoms with Crippen LogP contribution in [-0.4, -0.2) is 16.1 Å². The van der Waals surface area contributed by atoms with Gasteiger partial charge in [-0.1, -0.05) is 12.1 Å². The number of thiophene rings is 1. The molecule has 3 nitrogen and oxygen atoms in total. The number of hydrogen-bond acceptors (Lipinski definition) is 4. The van der Waals surface area contributed by atoms with Crippen molar-refractivity contribution in [3.05, 3.63) is 47.1 Å². The number of pyridine rings is 1. The summed E-state index contributed by atoms with van der Waals surface area (Å²) >= 11 is 3.34. The van der Waals surface area contributed by atoms with Gasteiger partial charge in [0.15, 0.2) is 0 Å². The monoisotopic (exact) mass is 251 g/mol. The minimum Gasteiger partial charge on any atom is -0.477 e. The van der Waals surface area contributed by atoms with E-state index in [0.717, 1.165) is 5.69 Å². The maximum Gasteiger partial charge on any atom is 0.354 e. The fraction of sp³-hybridized carbons (Fsp3) is 0.0909. The maximum absolute atomic E-state index is 10.7. The molecule has 0 spiro atoms. The Morgan fingerprint density at radius 1 is 1.38 bits per heavy atom. The third-order valence-electron chi connectivity index (χ3n) is 1.88. The zero-order chi connectivity index (χ0) is 11.4. The summed E-state index contributed by atoms with van der Waals surface area (Å²) in [7, 11) is 0. The van der Waals surface area contributed by atoms with E-state index in [2.05, 4.69) is 4.98 Å². The predicted molar refractivity (Wildman–Crippen MR) is 65.1 cm³/mol. The van der Waals surface area contributed by atoms with Gasteiger partial charge in [0.2, 0.25) is 0 Å². The molecular formula is C11H9NO2S2. The van der Waals surface area contributed by atoms with Crippen LogP contribution in [0.5, 0.6) is 0 Å². The van der Waals surface area contributed by atoms with Crippen molar-refractivity contribution in [2.24, 2.45) is 0 Å². The molecule has 2 rings (SSSR count). The Morgan fingerprint density at radius 3 is 2.94 bits per heavy atom. The minimum absolute atomic E-state index is 0.101. The number of thioether (sulfide) groups is 1. The number of rotatable bonds is 4. The number of carbonyl (C=O) groups is 1. The number of hydrogen-bond donors (Lipinski definition) is 1. The van der Waals surface area contributed by atoms with Gasteiger partial charge in [0.1, 0.15) is 5.69 Å². The van der Waals surface area contributed by atoms with Crippen molar-refractivity contribution in [3.8, 4) is 0 Å². The maximum atomic E-state index is 10.7. The van der Waals surface area contributed by atoms with Gasteiger partial charge in [-0.3, -0.25) is 0 Å². The molecule has 16 heavy (non-hydrogen) atoms. The van der Waals surface area contributed by atoms with Gasteiger partial charge < -0.3 is 5.11 Å². The highest BCUT2D eigenvalue weighted by molar-refractivity contribution is 8.00. The number of nitrogens with zero attached hydrogens (tertiary/aromatic N) is 1. The Balaban J connectivity index is 2.04. The van der Waals surface area contributed by atoms with Crippen LogP contribution in [0.4, 0.5) is 0 Å². The first-order valence-electron chi connectivity index (χ1n) is 4.61. The standard InChI is InChI=1S/C11H9NO2S2/c13-11(14)9-4-1-3-8(12-9)7-16-10-5-2-6-15-10/h1-6H,7H2,(H,13,14). The van der Waals surface area contributed by atoms with Gasteiger partial charge in [0.05, 0.1) is 9.90 Å². The summed E-state index contributed by atoms with van der Waals surface area (Å²) in [6.45, 7) is 0. The molecule has 0 atom stereocenters. The summed E-state index contributed by atoms with van der Waals surface area (Å²) in [6, 6.07) is 9.10. The van der Waals surface area contributed by atoms with Crippen LogP contribution in [0.2, 0.25) is 0 Å². The molecule has 0 aliphatic heterocycles. The molecule has 2 heterocycles. The molecule has 0 radical (unpaired) electrons. The normalized spacial score (nSPS) is 10.2. The smallest absolute Gasteiger partial charge is 0.354 e. The summed E-state index contributed by atoms with van der Waals surface area (Å²) in [5.41, 5.74) is 0.891. The van der Waals surface area contributed by atoms with Gasteiger partial charge in [-0.05, 0) is 23.6 Å². The molecule has 0 saturated carbocycles. The van der Waals surface area contributed by atoms with E-state index in [0.29, 0.717) is 5.75 Å². The lowest BCUT2D eigenvalue weighted by Gasteiger charge is -2.00. The minimum atomic E-state index is -0.983. The molecule has 0 saturated heterocycles. The Morgan fingerprint density at radius 2 is 2.25 bits per heavy atom. The second-order valence-corrected chi connectivity index (χ2v) is 5.26. The molecule has 82 valence electrons. The van der Waals surface area contributed by atoms with Crippen LogP contribution in [0.1, 0.15) is 16.2 Å². The summed E-state index contributed by atoms with van der Waals surface area (Å²) in [4.78, 5) is 14.8. The van der Waals surface area contributed by atoms with Crippen LogP contribution in [0.3, 0.4) is 0 Å². The van der Waals surface area contributed by atoms with Crippen LogP contribution in [0, 0.1) is 0 Å². The van der Waals surface area contributed by atoms with Crippen LogP contribution >= 0.6 is 23.1 Å². The molecule has 0 fully saturated rings. The summed E-state index contributed by atoms with van der Waals surface area (Å²) < 4.78 is 1.21. The summed E-state index contributed by atoms with van der Waals surface area (Å²) in [6.07, 6.45) is 0. The zero-order valence-corrected chi connectivity index (χ0v) is 9.92. The van der Waals surface area contributed by atoms with Gasteiger partial charge in [-0.15, -0.1) is 23.1 Å². The van der Waals surface area contributed by atoms with Crippen molar-refractivity contribution < 1.29 is 9.90 Å². The van der Waals surface area contributed by atoms with Crippen LogP contribution < -0.4 is 0 Å². The number of aromatic nitrogens is 1. The molecular weight excluding hydrogens is 242 g/mol. The molecule has 0 amide bonds. The Kier molecular flexibility index (Phi) is 3.58. The van der Waals surface area contributed by atoms with E-state index >= 15 is 0 Å². The van der Waals surface area contributed by atoms with E-state index in [1.54, 1.807) is 29.2 Å². The second-order valence-electron chi connectivity index (χ2n) is 3.04. The van der Waals surface area contributed by atoms with E-state index in [-0.39, 0.29) is 5.69 Å². The third-order valence-corrected chi connectivity index (χ3v) is 4.05. The quantitative estimate of drug-likeness (QED) is 0.848. The van der Waals surface area contributed by atoms with Crippen molar-refractivity contribution >= 4 is 29.1 Å². The van der Waals surface area contributed by atoms with Gasteiger partial charge >= 0.3 is 5.97 Å². The highest BCUT2D eigenvalue weighted by Crippen LogP contribution is 2.26. The van der Waals surface area contributed by atoms with Crippen LogP contribution in [0.25, 0.3) is 0 Å². The summed E-state index contributed by atoms with van der Waals surface area (Å²) in [5, 5.41) is 10.8. The topological polar surface area (TPSA) is 50.2 Å². The van der Waals surface area contributed by atoms with E-state index in [1.807, 2.05) is 23.6 Å². The highest BCUT2D eigenvalue weighted by atomic mass is 32.2. The third kappa shape index (κ3) is 2.84. The van der Waals surface area contributed by atoms with Crippen molar-refractivity contribution in [2.75, 3.05) is 0 Å². The average Bonchev–Trinajstić information content (AvgIpc) is 2.79.